The first kappa shape index (κ1) is 32.7. The van der Waals surface area contributed by atoms with E-state index in [0.29, 0.717) is 22.5 Å². The predicted octanol–water partition coefficient (Wildman–Crippen LogP) is 5.01. The fourth-order valence-electron chi connectivity index (χ4n) is 4.09. The summed E-state index contributed by atoms with van der Waals surface area (Å²) >= 11 is 11.7. The summed E-state index contributed by atoms with van der Waals surface area (Å²) < 4.78 is 5.84. The van der Waals surface area contributed by atoms with E-state index < -0.39 is 35.7 Å². The molecule has 0 saturated heterocycles. The molecule has 0 bridgehead atoms. The molecule has 0 spiro atoms. The topological polar surface area (TPSA) is 181 Å². The summed E-state index contributed by atoms with van der Waals surface area (Å²) in [6.07, 6.45) is 0. The van der Waals surface area contributed by atoms with Crippen molar-refractivity contribution in [2.24, 2.45) is 0 Å². The lowest BCUT2D eigenvalue weighted by atomic mass is 10.2. The molecule has 3 aromatic heterocycles. The number of hydrogen-bond donors (Lipinski definition) is 4. The number of benzene rings is 2. The number of aromatic nitrogens is 4. The fraction of sp³-hybridized carbons (Fsp3) is 0.125. The summed E-state index contributed by atoms with van der Waals surface area (Å²) in [6, 6.07) is 21.0. The molecule has 13 nitrogen and oxygen atoms in total. The van der Waals surface area contributed by atoms with Crippen molar-refractivity contribution in [3.8, 4) is 22.9 Å². The molecular formula is C32H26Cl2N8O5. The molecule has 5 aromatic rings. The first-order valence-electron chi connectivity index (χ1n) is 14.1. The van der Waals surface area contributed by atoms with E-state index in [-0.39, 0.29) is 33.5 Å². The van der Waals surface area contributed by atoms with Crippen molar-refractivity contribution in [2.75, 3.05) is 10.6 Å². The Morgan fingerprint density at radius 2 is 0.979 bits per heavy atom. The SMILES string of the molecule is C[C@H](NC(=O)c1cccc(Cl)n1)C(=O)Nc1ccc(-c2nnc(-c3ccc(NC(=O)[C@H](C)NC(=O)c4cccc(Cl)n4)cc3)o2)cc1. The molecule has 47 heavy (non-hydrogen) atoms. The molecule has 2 aromatic carbocycles. The highest BCUT2D eigenvalue weighted by Crippen LogP contribution is 2.26. The van der Waals surface area contributed by atoms with Crippen LogP contribution in [0.25, 0.3) is 22.9 Å². The molecule has 0 unspecified atom stereocenters. The summed E-state index contributed by atoms with van der Waals surface area (Å²) in [6.45, 7) is 3.10. The maximum Gasteiger partial charge on any atom is 0.270 e. The first-order valence-corrected chi connectivity index (χ1v) is 14.8. The van der Waals surface area contributed by atoms with Gasteiger partial charge in [0.05, 0.1) is 0 Å². The normalized spacial score (nSPS) is 12.0. The van der Waals surface area contributed by atoms with E-state index in [9.17, 15) is 19.2 Å². The van der Waals surface area contributed by atoms with Crippen molar-refractivity contribution in [2.45, 2.75) is 25.9 Å². The van der Waals surface area contributed by atoms with Crippen LogP contribution in [0.2, 0.25) is 10.3 Å². The minimum Gasteiger partial charge on any atom is -0.416 e. The second kappa shape index (κ2) is 14.6. The van der Waals surface area contributed by atoms with Crippen LogP contribution in [0, 0.1) is 0 Å². The third-order valence-corrected chi connectivity index (χ3v) is 7.02. The van der Waals surface area contributed by atoms with Crippen LogP contribution in [0.1, 0.15) is 34.8 Å². The van der Waals surface area contributed by atoms with Crippen molar-refractivity contribution in [3.63, 3.8) is 0 Å². The van der Waals surface area contributed by atoms with Crippen LogP contribution in [0.5, 0.6) is 0 Å². The number of halogens is 2. The molecular weight excluding hydrogens is 647 g/mol. The van der Waals surface area contributed by atoms with Gasteiger partial charge in [-0.15, -0.1) is 10.2 Å². The largest absolute Gasteiger partial charge is 0.416 e. The third-order valence-electron chi connectivity index (χ3n) is 6.60. The average Bonchev–Trinajstić information content (AvgIpc) is 3.56. The Kier molecular flexibility index (Phi) is 10.2. The van der Waals surface area contributed by atoms with Gasteiger partial charge >= 0.3 is 0 Å². The zero-order chi connectivity index (χ0) is 33.5. The maximum atomic E-state index is 12.6. The maximum absolute atomic E-state index is 12.6. The molecule has 5 rings (SSSR count). The number of anilines is 2. The lowest BCUT2D eigenvalue weighted by molar-refractivity contribution is -0.118. The van der Waals surface area contributed by atoms with Crippen molar-refractivity contribution in [3.05, 3.63) is 107 Å². The van der Waals surface area contributed by atoms with E-state index in [1.165, 1.54) is 12.1 Å². The van der Waals surface area contributed by atoms with E-state index >= 15 is 0 Å². The molecule has 4 amide bonds. The van der Waals surface area contributed by atoms with Crippen molar-refractivity contribution in [1.82, 2.24) is 30.8 Å². The van der Waals surface area contributed by atoms with Crippen LogP contribution < -0.4 is 21.3 Å². The Bertz CT molecular complexity index is 1800. The molecule has 2 atom stereocenters. The number of hydrogen-bond acceptors (Lipinski definition) is 9. The quantitative estimate of drug-likeness (QED) is 0.148. The smallest absolute Gasteiger partial charge is 0.270 e. The molecule has 0 radical (unpaired) electrons. The zero-order valence-electron chi connectivity index (χ0n) is 24.8. The van der Waals surface area contributed by atoms with Crippen molar-refractivity contribution < 1.29 is 23.6 Å². The Balaban J connectivity index is 1.13. The second-order valence-electron chi connectivity index (χ2n) is 10.1. The summed E-state index contributed by atoms with van der Waals surface area (Å²) in [5, 5.41) is 19.2. The van der Waals surface area contributed by atoms with Gasteiger partial charge in [-0.05, 0) is 86.6 Å². The third kappa shape index (κ3) is 8.54. The Hall–Kier alpha value is -5.66. The van der Waals surface area contributed by atoms with Gasteiger partial charge in [-0.1, -0.05) is 35.3 Å². The lowest BCUT2D eigenvalue weighted by Crippen LogP contribution is -2.41. The molecule has 15 heteroatoms. The van der Waals surface area contributed by atoms with E-state index in [4.69, 9.17) is 27.6 Å². The van der Waals surface area contributed by atoms with E-state index in [2.05, 4.69) is 41.4 Å². The predicted molar refractivity (Wildman–Crippen MR) is 175 cm³/mol. The van der Waals surface area contributed by atoms with Gasteiger partial charge in [-0.2, -0.15) is 0 Å². The highest BCUT2D eigenvalue weighted by molar-refractivity contribution is 6.29. The fourth-order valence-corrected chi connectivity index (χ4v) is 4.42. The molecule has 0 aliphatic rings. The summed E-state index contributed by atoms with van der Waals surface area (Å²) in [5.74, 6) is -1.41. The molecule has 3 heterocycles. The first-order chi connectivity index (χ1) is 22.5. The van der Waals surface area contributed by atoms with Crippen LogP contribution in [-0.2, 0) is 9.59 Å². The van der Waals surface area contributed by atoms with Crippen LogP contribution >= 0.6 is 23.2 Å². The molecule has 0 saturated carbocycles. The Morgan fingerprint density at radius 1 is 0.596 bits per heavy atom. The second-order valence-corrected chi connectivity index (χ2v) is 10.9. The van der Waals surface area contributed by atoms with Crippen molar-refractivity contribution >= 4 is 58.2 Å². The van der Waals surface area contributed by atoms with Gasteiger partial charge in [0.2, 0.25) is 23.6 Å². The molecule has 0 aliphatic heterocycles. The number of carbonyl (C=O) groups is 4. The molecule has 0 fully saturated rings. The van der Waals surface area contributed by atoms with Gasteiger partial charge < -0.3 is 25.7 Å². The van der Waals surface area contributed by atoms with Crippen LogP contribution in [0.4, 0.5) is 11.4 Å². The zero-order valence-corrected chi connectivity index (χ0v) is 26.3. The summed E-state index contributed by atoms with van der Waals surface area (Å²) in [5.41, 5.74) is 2.42. The number of pyridine rings is 2. The highest BCUT2D eigenvalue weighted by atomic mass is 35.5. The number of amides is 4. The standard InChI is InChI=1S/C32H26Cl2N8O5/c1-17(35-29(45)23-5-3-7-25(33)39-23)27(43)37-21-13-9-19(10-14-21)31-41-42-32(47-31)20-11-15-22(16-12-20)38-28(44)18(2)36-30(46)24-6-4-8-26(34)40-24/h3-18H,1-2H3,(H,35,45)(H,36,46)(H,37,43)(H,38,44)/t17-,18-/m0/s1. The monoisotopic (exact) mass is 672 g/mol. The van der Waals surface area contributed by atoms with E-state index in [1.807, 2.05) is 0 Å². The minimum atomic E-state index is -0.845. The number of carbonyl (C=O) groups excluding carboxylic acids is 4. The summed E-state index contributed by atoms with van der Waals surface area (Å²) in [4.78, 5) is 57.9. The number of nitrogens with zero attached hydrogens (tertiary/aromatic N) is 4. The Morgan fingerprint density at radius 3 is 1.34 bits per heavy atom. The number of rotatable bonds is 10. The van der Waals surface area contributed by atoms with Gasteiger partial charge in [0.25, 0.3) is 11.8 Å². The molecule has 4 N–H and O–H groups in total. The number of nitrogens with one attached hydrogen (secondary N) is 4. The van der Waals surface area contributed by atoms with E-state index in [1.54, 1.807) is 86.6 Å². The molecule has 0 aliphatic carbocycles. The highest BCUT2D eigenvalue weighted by Gasteiger charge is 2.20. The minimum absolute atomic E-state index is 0.101. The van der Waals surface area contributed by atoms with Crippen LogP contribution in [-0.4, -0.2) is 55.9 Å². The van der Waals surface area contributed by atoms with Gasteiger partial charge in [0, 0.05) is 22.5 Å². The van der Waals surface area contributed by atoms with Crippen LogP contribution in [0.3, 0.4) is 0 Å². The van der Waals surface area contributed by atoms with Crippen molar-refractivity contribution in [1.29, 1.82) is 0 Å². The Labute approximate surface area is 278 Å². The van der Waals surface area contributed by atoms with Gasteiger partial charge in [0.15, 0.2) is 0 Å². The molecule has 238 valence electrons. The average molecular weight is 674 g/mol. The lowest BCUT2D eigenvalue weighted by Gasteiger charge is -2.14. The van der Waals surface area contributed by atoms with Gasteiger partial charge in [0.1, 0.15) is 33.8 Å². The summed E-state index contributed by atoms with van der Waals surface area (Å²) in [7, 11) is 0. The van der Waals surface area contributed by atoms with Gasteiger partial charge in [-0.3, -0.25) is 19.2 Å². The van der Waals surface area contributed by atoms with E-state index in [0.717, 1.165) is 0 Å². The van der Waals surface area contributed by atoms with Crippen LogP contribution in [0.15, 0.2) is 89.3 Å². The van der Waals surface area contributed by atoms with Gasteiger partial charge in [-0.25, -0.2) is 9.97 Å².